The zero-order chi connectivity index (χ0) is 13.9. The van der Waals surface area contributed by atoms with Crippen LogP contribution in [0.15, 0.2) is 0 Å². The fraction of sp³-hybridized carbons (Fsp3) is 0.938. The maximum atomic E-state index is 12.5. The Hall–Kier alpha value is -0.410. The van der Waals surface area contributed by atoms with Crippen LogP contribution in [0, 0.1) is 11.3 Å². The van der Waals surface area contributed by atoms with Gasteiger partial charge in [-0.15, -0.1) is 0 Å². The van der Waals surface area contributed by atoms with Gasteiger partial charge in [0.2, 0.25) is 0 Å². The van der Waals surface area contributed by atoms with E-state index in [1.807, 2.05) is 0 Å². The number of hydrogen-bond acceptors (Lipinski definition) is 3. The molecule has 2 fully saturated rings. The summed E-state index contributed by atoms with van der Waals surface area (Å²) in [5.41, 5.74) is -0.135. The zero-order valence-electron chi connectivity index (χ0n) is 12.5. The highest BCUT2D eigenvalue weighted by atomic mass is 16.3. The second-order valence-electron chi connectivity index (χ2n) is 6.99. The van der Waals surface area contributed by atoms with Crippen molar-refractivity contribution in [1.29, 1.82) is 0 Å². The number of aliphatic hydroxyl groups excluding tert-OH is 1. The third-order valence-corrected chi connectivity index (χ3v) is 5.08. The standard InChI is InChI=1S/C16H29NO2/c1-16(2)9-5-6-13(15(16)19)12-17(10-11-18)14-7-3-4-8-14/h13-14,18H,3-12H2,1-2H3. The molecule has 3 nitrogen and oxygen atoms in total. The van der Waals surface area contributed by atoms with E-state index in [9.17, 15) is 9.90 Å². The molecule has 1 atom stereocenters. The Morgan fingerprint density at radius 3 is 2.53 bits per heavy atom. The van der Waals surface area contributed by atoms with Crippen molar-refractivity contribution in [2.24, 2.45) is 11.3 Å². The molecular weight excluding hydrogens is 238 g/mol. The largest absolute Gasteiger partial charge is 0.395 e. The van der Waals surface area contributed by atoms with E-state index in [-0.39, 0.29) is 17.9 Å². The number of aliphatic hydroxyl groups is 1. The molecule has 3 heteroatoms. The summed E-state index contributed by atoms with van der Waals surface area (Å²) in [6.07, 6.45) is 8.33. The predicted octanol–water partition coefficient (Wildman–Crippen LogP) is 2.62. The first-order valence-corrected chi connectivity index (χ1v) is 7.94. The lowest BCUT2D eigenvalue weighted by Crippen LogP contribution is -2.45. The molecule has 0 aromatic heterocycles. The smallest absolute Gasteiger partial charge is 0.142 e. The first kappa shape index (κ1) is 15.0. The second kappa shape index (κ2) is 6.36. The molecule has 0 amide bonds. The second-order valence-corrected chi connectivity index (χ2v) is 6.99. The summed E-state index contributed by atoms with van der Waals surface area (Å²) in [6, 6.07) is 0.602. The van der Waals surface area contributed by atoms with E-state index in [1.54, 1.807) is 0 Å². The number of carbonyl (C=O) groups excluding carboxylic acids is 1. The molecular formula is C16H29NO2. The van der Waals surface area contributed by atoms with Crippen molar-refractivity contribution in [3.05, 3.63) is 0 Å². The summed E-state index contributed by atoms with van der Waals surface area (Å²) >= 11 is 0. The normalized spacial score (nSPS) is 28.2. The predicted molar refractivity (Wildman–Crippen MR) is 77.0 cm³/mol. The first-order chi connectivity index (χ1) is 9.04. The van der Waals surface area contributed by atoms with Crippen LogP contribution in [-0.2, 0) is 4.79 Å². The van der Waals surface area contributed by atoms with E-state index in [2.05, 4.69) is 18.7 Å². The third-order valence-electron chi connectivity index (χ3n) is 5.08. The van der Waals surface area contributed by atoms with Gasteiger partial charge in [-0.3, -0.25) is 9.69 Å². The molecule has 2 aliphatic rings. The molecule has 0 aromatic carbocycles. The molecule has 0 spiro atoms. The van der Waals surface area contributed by atoms with Crippen LogP contribution in [-0.4, -0.2) is 41.5 Å². The van der Waals surface area contributed by atoms with Gasteiger partial charge in [-0.05, 0) is 25.7 Å². The Bertz CT molecular complexity index is 308. The minimum Gasteiger partial charge on any atom is -0.395 e. The highest BCUT2D eigenvalue weighted by Crippen LogP contribution is 2.36. The summed E-state index contributed by atoms with van der Waals surface area (Å²) in [4.78, 5) is 14.9. The fourth-order valence-electron chi connectivity index (χ4n) is 3.88. The van der Waals surface area contributed by atoms with Crippen LogP contribution in [0.1, 0.15) is 58.8 Å². The number of nitrogens with zero attached hydrogens (tertiary/aromatic N) is 1. The quantitative estimate of drug-likeness (QED) is 0.832. The Balaban J connectivity index is 1.97. The SMILES string of the molecule is CC1(C)CCCC(CN(CCO)C2CCCC2)C1=O. The molecule has 0 aromatic rings. The molecule has 2 aliphatic carbocycles. The van der Waals surface area contributed by atoms with Gasteiger partial charge in [0.05, 0.1) is 6.61 Å². The van der Waals surface area contributed by atoms with E-state index < -0.39 is 0 Å². The van der Waals surface area contributed by atoms with Gasteiger partial charge in [0, 0.05) is 30.5 Å². The maximum Gasteiger partial charge on any atom is 0.142 e. The van der Waals surface area contributed by atoms with Crippen LogP contribution in [0.5, 0.6) is 0 Å². The number of Topliss-reactive ketones (excluding diaryl/α,β-unsaturated/α-hetero) is 1. The molecule has 0 radical (unpaired) electrons. The van der Waals surface area contributed by atoms with Gasteiger partial charge < -0.3 is 5.11 Å². The highest BCUT2D eigenvalue weighted by Gasteiger charge is 2.38. The van der Waals surface area contributed by atoms with Gasteiger partial charge in [-0.25, -0.2) is 0 Å². The molecule has 2 rings (SSSR count). The average molecular weight is 267 g/mol. The molecule has 2 saturated carbocycles. The summed E-state index contributed by atoms with van der Waals surface area (Å²) in [5.74, 6) is 0.635. The van der Waals surface area contributed by atoms with Crippen molar-refractivity contribution < 1.29 is 9.90 Å². The topological polar surface area (TPSA) is 40.5 Å². The Kier molecular flexibility index (Phi) is 5.02. The maximum absolute atomic E-state index is 12.5. The van der Waals surface area contributed by atoms with Crippen molar-refractivity contribution in [2.75, 3.05) is 19.7 Å². The average Bonchev–Trinajstić information content (AvgIpc) is 2.88. The van der Waals surface area contributed by atoms with E-state index in [1.165, 1.54) is 32.1 Å². The molecule has 0 saturated heterocycles. The Morgan fingerprint density at radius 2 is 1.89 bits per heavy atom. The van der Waals surface area contributed by atoms with Gasteiger partial charge in [-0.1, -0.05) is 33.1 Å². The van der Waals surface area contributed by atoms with Crippen LogP contribution in [0.4, 0.5) is 0 Å². The third kappa shape index (κ3) is 3.57. The summed E-state index contributed by atoms with van der Waals surface area (Å²) in [6.45, 7) is 5.99. The molecule has 0 bridgehead atoms. The summed E-state index contributed by atoms with van der Waals surface area (Å²) in [7, 11) is 0. The zero-order valence-corrected chi connectivity index (χ0v) is 12.5. The first-order valence-electron chi connectivity index (χ1n) is 7.94. The highest BCUT2D eigenvalue weighted by molar-refractivity contribution is 5.87. The minimum absolute atomic E-state index is 0.135. The van der Waals surface area contributed by atoms with Crippen LogP contribution >= 0.6 is 0 Å². The van der Waals surface area contributed by atoms with Gasteiger partial charge >= 0.3 is 0 Å². The number of carbonyl (C=O) groups is 1. The van der Waals surface area contributed by atoms with E-state index >= 15 is 0 Å². The molecule has 1 N–H and O–H groups in total. The molecule has 0 aliphatic heterocycles. The van der Waals surface area contributed by atoms with Crippen molar-refractivity contribution in [3.63, 3.8) is 0 Å². The fourth-order valence-corrected chi connectivity index (χ4v) is 3.88. The number of rotatable bonds is 5. The van der Waals surface area contributed by atoms with Gasteiger partial charge in [0.25, 0.3) is 0 Å². The van der Waals surface area contributed by atoms with E-state index in [4.69, 9.17) is 0 Å². The lowest BCUT2D eigenvalue weighted by atomic mass is 9.71. The van der Waals surface area contributed by atoms with Crippen molar-refractivity contribution >= 4 is 5.78 Å². The van der Waals surface area contributed by atoms with Crippen molar-refractivity contribution in [2.45, 2.75) is 64.8 Å². The Labute approximate surface area is 117 Å². The molecule has 110 valence electrons. The van der Waals surface area contributed by atoms with Gasteiger partial charge in [0.1, 0.15) is 5.78 Å². The molecule has 0 heterocycles. The van der Waals surface area contributed by atoms with E-state index in [0.717, 1.165) is 25.9 Å². The lowest BCUT2D eigenvalue weighted by molar-refractivity contribution is -0.135. The minimum atomic E-state index is -0.135. The van der Waals surface area contributed by atoms with Crippen LogP contribution in [0.25, 0.3) is 0 Å². The molecule has 1 unspecified atom stereocenters. The lowest BCUT2D eigenvalue weighted by Gasteiger charge is -2.38. The summed E-state index contributed by atoms with van der Waals surface area (Å²) in [5, 5.41) is 9.27. The van der Waals surface area contributed by atoms with Gasteiger partial charge in [-0.2, -0.15) is 0 Å². The van der Waals surface area contributed by atoms with Crippen LogP contribution < -0.4 is 0 Å². The number of hydrogen-bond donors (Lipinski definition) is 1. The van der Waals surface area contributed by atoms with E-state index in [0.29, 0.717) is 11.8 Å². The van der Waals surface area contributed by atoms with Crippen LogP contribution in [0.2, 0.25) is 0 Å². The number of ketones is 1. The van der Waals surface area contributed by atoms with Crippen LogP contribution in [0.3, 0.4) is 0 Å². The monoisotopic (exact) mass is 267 g/mol. The molecule has 19 heavy (non-hydrogen) atoms. The van der Waals surface area contributed by atoms with Crippen molar-refractivity contribution in [3.8, 4) is 0 Å². The van der Waals surface area contributed by atoms with Gasteiger partial charge in [0.15, 0.2) is 0 Å². The Morgan fingerprint density at radius 1 is 1.21 bits per heavy atom. The van der Waals surface area contributed by atoms with Crippen molar-refractivity contribution in [1.82, 2.24) is 4.90 Å². The summed E-state index contributed by atoms with van der Waals surface area (Å²) < 4.78 is 0.